The third-order valence-corrected chi connectivity index (χ3v) is 4.15. The number of aliphatic hydroxyl groups excluding tert-OH is 1. The molecule has 1 aliphatic carbocycles. The highest BCUT2D eigenvalue weighted by molar-refractivity contribution is 5.74. The molecule has 116 valence electrons. The van der Waals surface area contributed by atoms with Crippen molar-refractivity contribution in [1.29, 1.82) is 0 Å². The Morgan fingerprint density at radius 2 is 2.19 bits per heavy atom. The van der Waals surface area contributed by atoms with Gasteiger partial charge in [0, 0.05) is 11.5 Å². The van der Waals surface area contributed by atoms with E-state index in [0.717, 1.165) is 25.0 Å². The molecule has 3 N–H and O–H groups in total. The molecular formula is C16H24N2O3. The van der Waals surface area contributed by atoms with E-state index in [1.54, 1.807) is 0 Å². The zero-order chi connectivity index (χ0) is 15.1. The second-order valence-electron chi connectivity index (χ2n) is 5.82. The van der Waals surface area contributed by atoms with E-state index in [9.17, 15) is 9.90 Å². The van der Waals surface area contributed by atoms with Crippen LogP contribution in [0.5, 0.6) is 5.75 Å². The maximum atomic E-state index is 11.9. The van der Waals surface area contributed by atoms with Crippen LogP contribution in [0.1, 0.15) is 26.2 Å². The van der Waals surface area contributed by atoms with Gasteiger partial charge in [0.1, 0.15) is 12.4 Å². The lowest BCUT2D eigenvalue weighted by atomic mass is 9.86. The maximum absolute atomic E-state index is 11.9. The molecule has 2 unspecified atom stereocenters. The van der Waals surface area contributed by atoms with Gasteiger partial charge in [0.05, 0.1) is 13.2 Å². The number of benzene rings is 1. The van der Waals surface area contributed by atoms with Gasteiger partial charge in [-0.05, 0) is 25.0 Å². The van der Waals surface area contributed by atoms with Crippen molar-refractivity contribution in [2.75, 3.05) is 19.8 Å². The average Bonchev–Trinajstić information content (AvgIpc) is 2.86. The Bertz CT molecular complexity index is 452. The molecule has 0 radical (unpaired) electrons. The molecule has 1 aliphatic rings. The van der Waals surface area contributed by atoms with Crippen molar-refractivity contribution in [1.82, 2.24) is 10.6 Å². The van der Waals surface area contributed by atoms with Gasteiger partial charge in [-0.1, -0.05) is 31.5 Å². The number of ether oxygens (including phenoxy) is 1. The van der Waals surface area contributed by atoms with Crippen molar-refractivity contribution in [3.8, 4) is 5.75 Å². The smallest absolute Gasteiger partial charge is 0.315 e. The first-order valence-corrected chi connectivity index (χ1v) is 7.47. The molecule has 0 heterocycles. The normalized spacial score (nSPS) is 24.6. The Labute approximate surface area is 125 Å². The third kappa shape index (κ3) is 4.36. The topological polar surface area (TPSA) is 70.6 Å². The van der Waals surface area contributed by atoms with Crippen molar-refractivity contribution in [3.63, 3.8) is 0 Å². The van der Waals surface area contributed by atoms with E-state index in [0.29, 0.717) is 13.2 Å². The number of para-hydroxylation sites is 1. The molecule has 1 aromatic carbocycles. The van der Waals surface area contributed by atoms with Crippen molar-refractivity contribution >= 4 is 6.03 Å². The Morgan fingerprint density at radius 1 is 1.43 bits per heavy atom. The Kier molecular flexibility index (Phi) is 5.44. The van der Waals surface area contributed by atoms with Crippen LogP contribution in [-0.2, 0) is 0 Å². The second-order valence-corrected chi connectivity index (χ2v) is 5.82. The molecule has 0 aromatic heterocycles. The molecule has 1 aromatic rings. The molecule has 0 bridgehead atoms. The van der Waals surface area contributed by atoms with E-state index in [1.165, 1.54) is 0 Å². The number of hydrogen-bond donors (Lipinski definition) is 3. The molecule has 21 heavy (non-hydrogen) atoms. The van der Waals surface area contributed by atoms with Crippen LogP contribution in [0, 0.1) is 5.41 Å². The van der Waals surface area contributed by atoms with Gasteiger partial charge >= 0.3 is 6.03 Å². The van der Waals surface area contributed by atoms with Gasteiger partial charge in [-0.25, -0.2) is 4.79 Å². The molecule has 0 spiro atoms. The van der Waals surface area contributed by atoms with Crippen LogP contribution >= 0.6 is 0 Å². The van der Waals surface area contributed by atoms with Gasteiger partial charge in [-0.15, -0.1) is 0 Å². The summed E-state index contributed by atoms with van der Waals surface area (Å²) in [5.41, 5.74) is -0.197. The minimum absolute atomic E-state index is 0.0394. The molecule has 0 aliphatic heterocycles. The summed E-state index contributed by atoms with van der Waals surface area (Å²) in [5.74, 6) is 0.795. The summed E-state index contributed by atoms with van der Waals surface area (Å²) in [4.78, 5) is 11.9. The highest BCUT2D eigenvalue weighted by Gasteiger charge is 2.38. The fourth-order valence-corrected chi connectivity index (χ4v) is 2.73. The van der Waals surface area contributed by atoms with E-state index < -0.39 is 0 Å². The van der Waals surface area contributed by atoms with Gasteiger partial charge in [0.2, 0.25) is 0 Å². The van der Waals surface area contributed by atoms with E-state index in [4.69, 9.17) is 4.74 Å². The Hall–Kier alpha value is -1.75. The first-order valence-electron chi connectivity index (χ1n) is 7.47. The Balaban J connectivity index is 1.66. The van der Waals surface area contributed by atoms with Gasteiger partial charge in [-0.3, -0.25) is 0 Å². The molecule has 2 rings (SSSR count). The van der Waals surface area contributed by atoms with Crippen molar-refractivity contribution in [2.45, 2.75) is 32.2 Å². The maximum Gasteiger partial charge on any atom is 0.315 e. The number of rotatable bonds is 6. The predicted molar refractivity (Wildman–Crippen MR) is 81.3 cm³/mol. The highest BCUT2D eigenvalue weighted by atomic mass is 16.5. The summed E-state index contributed by atoms with van der Waals surface area (Å²) in [5, 5.41) is 15.2. The largest absolute Gasteiger partial charge is 0.492 e. The summed E-state index contributed by atoms with van der Waals surface area (Å²) in [6.45, 7) is 3.00. The quantitative estimate of drug-likeness (QED) is 0.702. The van der Waals surface area contributed by atoms with Crippen molar-refractivity contribution < 1.29 is 14.6 Å². The molecule has 1 saturated carbocycles. The summed E-state index contributed by atoms with van der Waals surface area (Å²) >= 11 is 0. The number of urea groups is 1. The first kappa shape index (κ1) is 15.6. The summed E-state index contributed by atoms with van der Waals surface area (Å²) in [7, 11) is 0. The molecular weight excluding hydrogens is 268 g/mol. The minimum Gasteiger partial charge on any atom is -0.492 e. The number of amides is 2. The first-order chi connectivity index (χ1) is 10.1. The van der Waals surface area contributed by atoms with Crippen molar-refractivity contribution in [3.05, 3.63) is 30.3 Å². The van der Waals surface area contributed by atoms with Crippen LogP contribution in [0.4, 0.5) is 4.79 Å². The molecule has 0 saturated heterocycles. The number of carbonyl (C=O) groups excluding carboxylic acids is 1. The zero-order valence-electron chi connectivity index (χ0n) is 12.5. The van der Waals surface area contributed by atoms with Crippen LogP contribution in [0.25, 0.3) is 0 Å². The Morgan fingerprint density at radius 3 is 2.90 bits per heavy atom. The lowest BCUT2D eigenvalue weighted by Crippen LogP contribution is -2.49. The van der Waals surface area contributed by atoms with Crippen LogP contribution in [0.3, 0.4) is 0 Å². The van der Waals surface area contributed by atoms with Crippen LogP contribution in [-0.4, -0.2) is 36.9 Å². The van der Waals surface area contributed by atoms with Crippen LogP contribution in [0.15, 0.2) is 30.3 Å². The standard InChI is InChI=1S/C16H24N2O3/c1-16(12-19)9-5-8-14(16)18-15(20)17-10-11-21-13-6-3-2-4-7-13/h2-4,6-7,14,19H,5,8-12H2,1H3,(H2,17,18,20). The fourth-order valence-electron chi connectivity index (χ4n) is 2.73. The molecule has 1 fully saturated rings. The van der Waals surface area contributed by atoms with Crippen molar-refractivity contribution in [2.24, 2.45) is 5.41 Å². The molecule has 2 atom stereocenters. The molecule has 5 nitrogen and oxygen atoms in total. The SMILES string of the molecule is CC1(CO)CCCC1NC(=O)NCCOc1ccccc1. The average molecular weight is 292 g/mol. The van der Waals surface area contributed by atoms with Crippen LogP contribution in [0.2, 0.25) is 0 Å². The predicted octanol–water partition coefficient (Wildman–Crippen LogP) is 1.92. The zero-order valence-corrected chi connectivity index (χ0v) is 12.5. The number of hydrogen-bond acceptors (Lipinski definition) is 3. The lowest BCUT2D eigenvalue weighted by Gasteiger charge is -2.30. The minimum atomic E-state index is -0.197. The van der Waals surface area contributed by atoms with E-state index in [1.807, 2.05) is 37.3 Å². The monoisotopic (exact) mass is 292 g/mol. The van der Waals surface area contributed by atoms with Gasteiger partial charge in [0.25, 0.3) is 0 Å². The number of carbonyl (C=O) groups is 1. The highest BCUT2D eigenvalue weighted by Crippen LogP contribution is 2.37. The summed E-state index contributed by atoms with van der Waals surface area (Å²) in [6, 6.07) is 9.35. The summed E-state index contributed by atoms with van der Waals surface area (Å²) in [6.07, 6.45) is 2.91. The van der Waals surface area contributed by atoms with Crippen LogP contribution < -0.4 is 15.4 Å². The van der Waals surface area contributed by atoms with Gasteiger partial charge in [0.15, 0.2) is 0 Å². The van der Waals surface area contributed by atoms with E-state index in [-0.39, 0.29) is 24.1 Å². The third-order valence-electron chi connectivity index (χ3n) is 4.15. The molecule has 2 amide bonds. The van der Waals surface area contributed by atoms with Gasteiger partial charge in [-0.2, -0.15) is 0 Å². The lowest BCUT2D eigenvalue weighted by molar-refractivity contribution is 0.121. The second kappa shape index (κ2) is 7.31. The fraction of sp³-hybridized carbons (Fsp3) is 0.562. The number of nitrogens with one attached hydrogen (secondary N) is 2. The van der Waals surface area contributed by atoms with E-state index in [2.05, 4.69) is 10.6 Å². The summed E-state index contributed by atoms with van der Waals surface area (Å²) < 4.78 is 5.51. The van der Waals surface area contributed by atoms with E-state index >= 15 is 0 Å². The van der Waals surface area contributed by atoms with Gasteiger partial charge < -0.3 is 20.5 Å². The molecule has 5 heteroatoms. The number of aliphatic hydroxyl groups is 1.